The number of hydrogen-bond acceptors (Lipinski definition) is 5. The molecule has 0 fully saturated rings. The fourth-order valence-corrected chi connectivity index (χ4v) is 1.39. The smallest absolute Gasteiger partial charge is 0.233 e. The van der Waals surface area contributed by atoms with Crippen molar-refractivity contribution in [3.05, 3.63) is 47.7 Å². The van der Waals surface area contributed by atoms with Crippen LogP contribution in [-0.4, -0.2) is 22.4 Å². The van der Waals surface area contributed by atoms with E-state index in [2.05, 4.69) is 10.2 Å². The van der Waals surface area contributed by atoms with Gasteiger partial charge in [0.15, 0.2) is 0 Å². The second kappa shape index (κ2) is 5.97. The Balaban J connectivity index is 1.93. The van der Waals surface area contributed by atoms with Crippen LogP contribution in [0.3, 0.4) is 0 Å². The van der Waals surface area contributed by atoms with Gasteiger partial charge in [-0.15, -0.1) is 10.2 Å². The van der Waals surface area contributed by atoms with E-state index in [0.29, 0.717) is 18.2 Å². The number of hydrogen-bond donors (Lipinski definition) is 1. The Bertz CT molecular complexity index is 435. The van der Waals surface area contributed by atoms with E-state index in [1.807, 2.05) is 24.3 Å². The van der Waals surface area contributed by atoms with Crippen molar-refractivity contribution >= 4 is 0 Å². The van der Waals surface area contributed by atoms with Crippen molar-refractivity contribution in [1.82, 2.24) is 10.2 Å². The molecule has 0 unspecified atom stereocenters. The number of nitrogens with zero attached hydrogens (tertiary/aromatic N) is 2. The molecule has 2 aromatic rings. The minimum absolute atomic E-state index is 0.119. The maximum absolute atomic E-state index is 8.83. The Hall–Kier alpha value is -2.14. The van der Waals surface area contributed by atoms with Crippen LogP contribution in [0.1, 0.15) is 11.3 Å². The van der Waals surface area contributed by atoms with Crippen LogP contribution in [-0.2, 0) is 13.2 Å². The van der Waals surface area contributed by atoms with E-state index in [-0.39, 0.29) is 6.61 Å². The van der Waals surface area contributed by atoms with Crippen LogP contribution in [0.5, 0.6) is 11.6 Å². The molecule has 1 aromatic heterocycles. The second-order valence-corrected chi connectivity index (χ2v) is 3.66. The van der Waals surface area contributed by atoms with Crippen LogP contribution in [0.15, 0.2) is 36.4 Å². The highest BCUT2D eigenvalue weighted by Crippen LogP contribution is 2.13. The lowest BCUT2D eigenvalue weighted by Crippen LogP contribution is -2.00. The van der Waals surface area contributed by atoms with Crippen molar-refractivity contribution in [1.29, 1.82) is 0 Å². The van der Waals surface area contributed by atoms with Crippen molar-refractivity contribution in [3.8, 4) is 11.6 Å². The summed E-state index contributed by atoms with van der Waals surface area (Å²) in [7, 11) is 1.63. The van der Waals surface area contributed by atoms with Gasteiger partial charge in [0.2, 0.25) is 5.88 Å². The fraction of sp³-hybridized carbons (Fsp3) is 0.231. The minimum Gasteiger partial charge on any atom is -0.497 e. The lowest BCUT2D eigenvalue weighted by molar-refractivity contribution is 0.269. The van der Waals surface area contributed by atoms with Gasteiger partial charge in [-0.1, -0.05) is 12.1 Å². The SMILES string of the molecule is COc1ccc(COc2ccc(CO)nn2)cc1. The standard InChI is InChI=1S/C13H14N2O3/c1-17-12-5-2-10(3-6-12)9-18-13-7-4-11(8-16)14-15-13/h2-7,16H,8-9H2,1H3. The molecule has 0 aliphatic heterocycles. The molecule has 2 rings (SSSR count). The molecule has 0 bridgehead atoms. The molecule has 0 atom stereocenters. The van der Waals surface area contributed by atoms with Gasteiger partial charge in [-0.25, -0.2) is 0 Å². The van der Waals surface area contributed by atoms with Crippen molar-refractivity contribution in [3.63, 3.8) is 0 Å². The van der Waals surface area contributed by atoms with E-state index in [1.165, 1.54) is 0 Å². The second-order valence-electron chi connectivity index (χ2n) is 3.66. The molecule has 0 spiro atoms. The van der Waals surface area contributed by atoms with Crippen LogP contribution in [0.25, 0.3) is 0 Å². The third kappa shape index (κ3) is 3.18. The van der Waals surface area contributed by atoms with Gasteiger partial charge >= 0.3 is 0 Å². The maximum Gasteiger partial charge on any atom is 0.233 e. The Labute approximate surface area is 105 Å². The number of aliphatic hydroxyl groups excluding tert-OH is 1. The topological polar surface area (TPSA) is 64.5 Å². The summed E-state index contributed by atoms with van der Waals surface area (Å²) in [6.07, 6.45) is 0. The molecule has 0 saturated heterocycles. The molecule has 0 aliphatic carbocycles. The van der Waals surface area contributed by atoms with Gasteiger partial charge in [0.1, 0.15) is 12.4 Å². The largest absolute Gasteiger partial charge is 0.497 e. The van der Waals surface area contributed by atoms with Crippen LogP contribution < -0.4 is 9.47 Å². The molecule has 0 saturated carbocycles. The third-order valence-electron chi connectivity index (χ3n) is 2.40. The van der Waals surface area contributed by atoms with Crippen molar-refractivity contribution in [2.45, 2.75) is 13.2 Å². The quantitative estimate of drug-likeness (QED) is 0.867. The van der Waals surface area contributed by atoms with E-state index < -0.39 is 0 Å². The number of benzene rings is 1. The number of methoxy groups -OCH3 is 1. The van der Waals surface area contributed by atoms with Crippen molar-refractivity contribution in [2.24, 2.45) is 0 Å². The van der Waals surface area contributed by atoms with E-state index in [1.54, 1.807) is 19.2 Å². The van der Waals surface area contributed by atoms with Crippen LogP contribution in [0.2, 0.25) is 0 Å². The monoisotopic (exact) mass is 246 g/mol. The summed E-state index contributed by atoms with van der Waals surface area (Å²) in [6.45, 7) is 0.295. The highest BCUT2D eigenvalue weighted by atomic mass is 16.5. The number of aromatic nitrogens is 2. The normalized spacial score (nSPS) is 10.1. The first-order chi connectivity index (χ1) is 8.81. The highest BCUT2D eigenvalue weighted by molar-refractivity contribution is 5.27. The third-order valence-corrected chi connectivity index (χ3v) is 2.40. The van der Waals surface area contributed by atoms with Crippen LogP contribution >= 0.6 is 0 Å². The van der Waals surface area contributed by atoms with Crippen LogP contribution in [0.4, 0.5) is 0 Å². The number of aliphatic hydroxyl groups is 1. The molecule has 1 aromatic carbocycles. The molecule has 5 heteroatoms. The average Bonchev–Trinajstić information content (AvgIpc) is 2.46. The first-order valence-electron chi connectivity index (χ1n) is 5.51. The maximum atomic E-state index is 8.83. The van der Waals surface area contributed by atoms with E-state index in [9.17, 15) is 0 Å². The lowest BCUT2D eigenvalue weighted by Gasteiger charge is -2.06. The molecule has 0 radical (unpaired) electrons. The molecular weight excluding hydrogens is 232 g/mol. The number of rotatable bonds is 5. The molecule has 94 valence electrons. The molecule has 1 N–H and O–H groups in total. The molecule has 0 aliphatic rings. The number of ether oxygens (including phenoxy) is 2. The Morgan fingerprint density at radius 2 is 1.83 bits per heavy atom. The highest BCUT2D eigenvalue weighted by Gasteiger charge is 1.99. The summed E-state index contributed by atoms with van der Waals surface area (Å²) in [5, 5.41) is 16.5. The molecule has 18 heavy (non-hydrogen) atoms. The summed E-state index contributed by atoms with van der Waals surface area (Å²) < 4.78 is 10.5. The zero-order valence-electron chi connectivity index (χ0n) is 10.0. The van der Waals surface area contributed by atoms with Gasteiger partial charge in [-0.3, -0.25) is 0 Å². The average molecular weight is 246 g/mol. The van der Waals surface area contributed by atoms with Gasteiger partial charge in [-0.05, 0) is 23.8 Å². The molecular formula is C13H14N2O3. The van der Waals surface area contributed by atoms with E-state index in [4.69, 9.17) is 14.6 Å². The first-order valence-corrected chi connectivity index (χ1v) is 5.51. The fourth-order valence-electron chi connectivity index (χ4n) is 1.39. The van der Waals surface area contributed by atoms with Gasteiger partial charge in [0.25, 0.3) is 0 Å². The predicted octanol–water partition coefficient (Wildman–Crippen LogP) is 1.56. The molecule has 0 amide bonds. The van der Waals surface area contributed by atoms with E-state index >= 15 is 0 Å². The van der Waals surface area contributed by atoms with Crippen molar-refractivity contribution in [2.75, 3.05) is 7.11 Å². The predicted molar refractivity (Wildman–Crippen MR) is 65.3 cm³/mol. The van der Waals surface area contributed by atoms with Gasteiger partial charge in [0.05, 0.1) is 19.4 Å². The van der Waals surface area contributed by atoms with Crippen molar-refractivity contribution < 1.29 is 14.6 Å². The van der Waals surface area contributed by atoms with E-state index in [0.717, 1.165) is 11.3 Å². The van der Waals surface area contributed by atoms with Gasteiger partial charge in [0, 0.05) is 6.07 Å². The molecule has 1 heterocycles. The zero-order chi connectivity index (χ0) is 12.8. The molecule has 5 nitrogen and oxygen atoms in total. The summed E-state index contributed by atoms with van der Waals surface area (Å²) >= 11 is 0. The zero-order valence-corrected chi connectivity index (χ0v) is 10.0. The lowest BCUT2D eigenvalue weighted by atomic mass is 10.2. The summed E-state index contributed by atoms with van der Waals surface area (Å²) in [4.78, 5) is 0. The Kier molecular flexibility index (Phi) is 4.09. The van der Waals surface area contributed by atoms with Crippen LogP contribution in [0, 0.1) is 0 Å². The summed E-state index contributed by atoms with van der Waals surface area (Å²) in [5.74, 6) is 1.24. The van der Waals surface area contributed by atoms with Gasteiger partial charge < -0.3 is 14.6 Å². The summed E-state index contributed by atoms with van der Waals surface area (Å²) in [5.41, 5.74) is 1.54. The summed E-state index contributed by atoms with van der Waals surface area (Å²) in [6, 6.07) is 11.0. The van der Waals surface area contributed by atoms with Gasteiger partial charge in [-0.2, -0.15) is 0 Å². The Morgan fingerprint density at radius 3 is 2.39 bits per heavy atom. The minimum atomic E-state index is -0.119. The Morgan fingerprint density at radius 1 is 1.06 bits per heavy atom. The first kappa shape index (κ1) is 12.3.